The Labute approximate surface area is 128 Å². The van der Waals surface area contributed by atoms with Crippen LogP contribution in [0.3, 0.4) is 0 Å². The van der Waals surface area contributed by atoms with Crippen molar-refractivity contribution in [2.24, 2.45) is 0 Å². The van der Waals surface area contributed by atoms with Crippen LogP contribution < -0.4 is 10.6 Å². The highest BCUT2D eigenvalue weighted by atomic mass is 32.1. The number of nitrogens with one attached hydrogen (secondary N) is 2. The van der Waals surface area contributed by atoms with Crippen LogP contribution in [-0.2, 0) is 12.8 Å². The third-order valence-corrected chi connectivity index (χ3v) is 4.83. The molecule has 2 N–H and O–H groups in total. The van der Waals surface area contributed by atoms with Crippen molar-refractivity contribution < 1.29 is 4.79 Å². The molecule has 0 saturated carbocycles. The lowest BCUT2D eigenvalue weighted by molar-refractivity contribution is 0.102. The van der Waals surface area contributed by atoms with Gasteiger partial charge in [-0.15, -0.1) is 11.3 Å². The van der Waals surface area contributed by atoms with Gasteiger partial charge in [-0.2, -0.15) is 0 Å². The van der Waals surface area contributed by atoms with Gasteiger partial charge in [0.1, 0.15) is 0 Å². The maximum Gasteiger partial charge on any atom is 0.259 e. The fourth-order valence-electron chi connectivity index (χ4n) is 2.63. The molecule has 5 heteroatoms. The molecular formula is C16H19N3OS. The maximum absolute atomic E-state index is 12.5. The summed E-state index contributed by atoms with van der Waals surface area (Å²) in [5, 5.41) is 6.72. The van der Waals surface area contributed by atoms with Crippen molar-refractivity contribution in [3.63, 3.8) is 0 Å². The Hall–Kier alpha value is -1.88. The van der Waals surface area contributed by atoms with Crippen molar-refractivity contribution in [2.45, 2.75) is 32.6 Å². The summed E-state index contributed by atoms with van der Waals surface area (Å²) in [5.41, 5.74) is 3.72. The minimum absolute atomic E-state index is 0.103. The van der Waals surface area contributed by atoms with Gasteiger partial charge in [-0.05, 0) is 44.7 Å². The Bertz CT molecular complexity index is 655. The number of aromatic nitrogens is 1. The first-order valence-corrected chi connectivity index (χ1v) is 8.07. The normalized spacial score (nSPS) is 13.6. The number of amides is 1. The Morgan fingerprint density at radius 3 is 2.86 bits per heavy atom. The zero-order valence-corrected chi connectivity index (χ0v) is 13.1. The van der Waals surface area contributed by atoms with E-state index in [0.29, 0.717) is 5.56 Å². The van der Waals surface area contributed by atoms with E-state index >= 15 is 0 Å². The summed E-state index contributed by atoms with van der Waals surface area (Å²) in [7, 11) is 1.82. The monoisotopic (exact) mass is 301 g/mol. The lowest BCUT2D eigenvalue weighted by Crippen LogP contribution is -2.14. The molecular weight excluding hydrogens is 282 g/mol. The van der Waals surface area contributed by atoms with Crippen molar-refractivity contribution in [1.82, 2.24) is 4.98 Å². The molecule has 3 rings (SSSR count). The molecule has 1 aliphatic rings. The Balaban J connectivity index is 1.83. The number of rotatable bonds is 3. The molecule has 2 aromatic rings. The summed E-state index contributed by atoms with van der Waals surface area (Å²) in [4.78, 5) is 18.4. The molecule has 1 aromatic heterocycles. The number of benzene rings is 1. The van der Waals surface area contributed by atoms with Crippen LogP contribution in [0, 0.1) is 6.92 Å². The average molecular weight is 301 g/mol. The summed E-state index contributed by atoms with van der Waals surface area (Å²) in [5.74, 6) is -0.103. The van der Waals surface area contributed by atoms with Crippen molar-refractivity contribution in [2.75, 3.05) is 17.7 Å². The fourth-order valence-corrected chi connectivity index (χ4v) is 3.68. The SMILES string of the molecule is CNc1ccc(C)cc1C(=O)Nc1nc2c(s1)CCCC2. The van der Waals surface area contributed by atoms with Crippen molar-refractivity contribution in [1.29, 1.82) is 0 Å². The first-order chi connectivity index (χ1) is 10.2. The van der Waals surface area contributed by atoms with Crippen LogP contribution in [-0.4, -0.2) is 17.9 Å². The molecule has 1 amide bonds. The number of carbonyl (C=O) groups is 1. The maximum atomic E-state index is 12.5. The minimum atomic E-state index is -0.103. The van der Waals surface area contributed by atoms with E-state index in [0.717, 1.165) is 29.2 Å². The Morgan fingerprint density at radius 1 is 1.29 bits per heavy atom. The van der Waals surface area contributed by atoms with Crippen LogP contribution in [0.2, 0.25) is 0 Å². The number of hydrogen-bond acceptors (Lipinski definition) is 4. The van der Waals surface area contributed by atoms with Crippen LogP contribution in [0.15, 0.2) is 18.2 Å². The Morgan fingerprint density at radius 2 is 2.10 bits per heavy atom. The summed E-state index contributed by atoms with van der Waals surface area (Å²) >= 11 is 1.61. The highest BCUT2D eigenvalue weighted by Gasteiger charge is 2.18. The second-order valence-electron chi connectivity index (χ2n) is 5.35. The van der Waals surface area contributed by atoms with Gasteiger partial charge in [-0.1, -0.05) is 11.6 Å². The first kappa shape index (κ1) is 14.1. The van der Waals surface area contributed by atoms with E-state index in [-0.39, 0.29) is 5.91 Å². The predicted molar refractivity (Wildman–Crippen MR) is 87.4 cm³/mol. The van der Waals surface area contributed by atoms with E-state index in [1.165, 1.54) is 23.4 Å². The largest absolute Gasteiger partial charge is 0.387 e. The first-order valence-electron chi connectivity index (χ1n) is 7.25. The van der Waals surface area contributed by atoms with Gasteiger partial charge in [0.15, 0.2) is 5.13 Å². The molecule has 4 nitrogen and oxygen atoms in total. The number of anilines is 2. The minimum Gasteiger partial charge on any atom is -0.387 e. The van der Waals surface area contributed by atoms with Crippen molar-refractivity contribution in [3.05, 3.63) is 39.9 Å². The molecule has 0 saturated heterocycles. The van der Waals surface area contributed by atoms with E-state index in [9.17, 15) is 4.79 Å². The molecule has 0 aliphatic heterocycles. The summed E-state index contributed by atoms with van der Waals surface area (Å²) in [6, 6.07) is 5.82. The summed E-state index contributed by atoms with van der Waals surface area (Å²) in [6.07, 6.45) is 4.55. The number of fused-ring (bicyclic) bond motifs is 1. The van der Waals surface area contributed by atoms with Gasteiger partial charge in [0.25, 0.3) is 5.91 Å². The summed E-state index contributed by atoms with van der Waals surface area (Å²) < 4.78 is 0. The van der Waals surface area contributed by atoms with E-state index in [2.05, 4.69) is 15.6 Å². The number of hydrogen-bond donors (Lipinski definition) is 2. The number of aryl methyl sites for hydroxylation is 3. The zero-order chi connectivity index (χ0) is 14.8. The molecule has 0 bridgehead atoms. The van der Waals surface area contributed by atoms with Gasteiger partial charge in [-0.3, -0.25) is 10.1 Å². The predicted octanol–water partition coefficient (Wildman–Crippen LogP) is 3.62. The van der Waals surface area contributed by atoms with Crippen LogP contribution in [0.1, 0.15) is 39.3 Å². The molecule has 0 radical (unpaired) electrons. The smallest absolute Gasteiger partial charge is 0.259 e. The topological polar surface area (TPSA) is 54.0 Å². The molecule has 1 aromatic carbocycles. The van der Waals surface area contributed by atoms with Crippen LogP contribution in [0.25, 0.3) is 0 Å². The third kappa shape index (κ3) is 2.93. The number of nitrogens with zero attached hydrogens (tertiary/aromatic N) is 1. The standard InChI is InChI=1S/C16H19N3OS/c1-10-7-8-12(17-2)11(9-10)15(20)19-16-18-13-5-3-4-6-14(13)21-16/h7-9,17H,3-6H2,1-2H3,(H,18,19,20). The van der Waals surface area contributed by atoms with E-state index < -0.39 is 0 Å². The van der Waals surface area contributed by atoms with Gasteiger partial charge < -0.3 is 5.32 Å². The molecule has 21 heavy (non-hydrogen) atoms. The van der Waals surface area contributed by atoms with E-state index in [1.54, 1.807) is 11.3 Å². The second-order valence-corrected chi connectivity index (χ2v) is 6.43. The highest BCUT2D eigenvalue weighted by Crippen LogP contribution is 2.30. The molecule has 110 valence electrons. The fraction of sp³-hybridized carbons (Fsp3) is 0.375. The van der Waals surface area contributed by atoms with E-state index in [4.69, 9.17) is 0 Å². The lowest BCUT2D eigenvalue weighted by Gasteiger charge is -2.09. The highest BCUT2D eigenvalue weighted by molar-refractivity contribution is 7.15. The zero-order valence-electron chi connectivity index (χ0n) is 12.3. The van der Waals surface area contributed by atoms with Crippen LogP contribution in [0.5, 0.6) is 0 Å². The number of carbonyl (C=O) groups excluding carboxylic acids is 1. The third-order valence-electron chi connectivity index (χ3n) is 3.76. The summed E-state index contributed by atoms with van der Waals surface area (Å²) in [6.45, 7) is 1.98. The van der Waals surface area contributed by atoms with Crippen LogP contribution in [0.4, 0.5) is 10.8 Å². The van der Waals surface area contributed by atoms with E-state index in [1.807, 2.05) is 32.2 Å². The van der Waals surface area contributed by atoms with Gasteiger partial charge in [0, 0.05) is 17.6 Å². The molecule has 0 unspecified atom stereocenters. The quantitative estimate of drug-likeness (QED) is 0.910. The average Bonchev–Trinajstić information content (AvgIpc) is 2.89. The number of thiazole rings is 1. The molecule has 0 fully saturated rings. The molecule has 0 spiro atoms. The van der Waals surface area contributed by atoms with Gasteiger partial charge in [0.05, 0.1) is 11.3 Å². The van der Waals surface area contributed by atoms with Gasteiger partial charge >= 0.3 is 0 Å². The second kappa shape index (κ2) is 5.85. The van der Waals surface area contributed by atoms with Gasteiger partial charge in [0.2, 0.25) is 0 Å². The van der Waals surface area contributed by atoms with Crippen LogP contribution >= 0.6 is 11.3 Å². The van der Waals surface area contributed by atoms with Crippen molar-refractivity contribution in [3.8, 4) is 0 Å². The molecule has 1 heterocycles. The van der Waals surface area contributed by atoms with Gasteiger partial charge in [-0.25, -0.2) is 4.98 Å². The Kier molecular flexibility index (Phi) is 3.92. The molecule has 1 aliphatic carbocycles. The molecule has 0 atom stereocenters. The van der Waals surface area contributed by atoms with Crippen molar-refractivity contribution >= 4 is 28.1 Å². The lowest BCUT2D eigenvalue weighted by atomic mass is 10.0.